The molecule has 6 heteroatoms. The van der Waals surface area contributed by atoms with Crippen LogP contribution in [0.5, 0.6) is 0 Å². The van der Waals surface area contributed by atoms with Crippen LogP contribution in [-0.4, -0.2) is 24.9 Å². The van der Waals surface area contributed by atoms with Gasteiger partial charge in [0, 0.05) is 30.0 Å². The summed E-state index contributed by atoms with van der Waals surface area (Å²) in [5.41, 5.74) is 0.299. The summed E-state index contributed by atoms with van der Waals surface area (Å²) in [6, 6.07) is 9.64. The minimum absolute atomic E-state index is 0.0306. The van der Waals surface area contributed by atoms with Crippen molar-refractivity contribution >= 4 is 23.2 Å². The van der Waals surface area contributed by atoms with Crippen LogP contribution in [0.25, 0.3) is 0 Å². The standard InChI is InChI=1S/C18H21FN2O2S/c19-15-6-1-5-14(13-15)18(23)21-11-4-10-20-17(22)9-2-7-16-8-3-12-24-16/h1,3,5-6,8,12-13H,2,4,7,9-11H2,(H,20,22)(H,21,23). The van der Waals surface area contributed by atoms with Crippen molar-refractivity contribution in [3.05, 3.63) is 58.0 Å². The monoisotopic (exact) mass is 348 g/mol. The van der Waals surface area contributed by atoms with Crippen LogP contribution in [0, 0.1) is 5.82 Å². The molecule has 0 atom stereocenters. The molecule has 1 aromatic heterocycles. The average molecular weight is 348 g/mol. The molecule has 1 heterocycles. The third kappa shape index (κ3) is 6.50. The van der Waals surface area contributed by atoms with Crippen molar-refractivity contribution in [2.75, 3.05) is 13.1 Å². The van der Waals surface area contributed by atoms with Gasteiger partial charge < -0.3 is 10.6 Å². The molecule has 0 radical (unpaired) electrons. The number of thiophene rings is 1. The second kappa shape index (κ2) is 9.82. The van der Waals surface area contributed by atoms with Gasteiger partial charge in [0.05, 0.1) is 0 Å². The highest BCUT2D eigenvalue weighted by Crippen LogP contribution is 2.11. The smallest absolute Gasteiger partial charge is 0.251 e. The Morgan fingerprint density at radius 1 is 1.04 bits per heavy atom. The van der Waals surface area contributed by atoms with Gasteiger partial charge in [-0.3, -0.25) is 9.59 Å². The van der Waals surface area contributed by atoms with Crippen LogP contribution in [0.3, 0.4) is 0 Å². The fourth-order valence-corrected chi connectivity index (χ4v) is 2.97. The Kier molecular flexibility index (Phi) is 7.42. The number of carbonyl (C=O) groups excluding carboxylic acids is 2. The van der Waals surface area contributed by atoms with Crippen molar-refractivity contribution in [2.24, 2.45) is 0 Å². The van der Waals surface area contributed by atoms with E-state index in [2.05, 4.69) is 16.7 Å². The molecule has 1 aromatic carbocycles. The van der Waals surface area contributed by atoms with E-state index in [9.17, 15) is 14.0 Å². The maximum absolute atomic E-state index is 13.0. The molecule has 24 heavy (non-hydrogen) atoms. The van der Waals surface area contributed by atoms with Gasteiger partial charge in [-0.05, 0) is 48.9 Å². The van der Waals surface area contributed by atoms with Crippen LogP contribution in [0.15, 0.2) is 41.8 Å². The fourth-order valence-electron chi connectivity index (χ4n) is 2.22. The Balaban J connectivity index is 1.52. The number of halogens is 1. The van der Waals surface area contributed by atoms with E-state index in [0.29, 0.717) is 31.5 Å². The molecule has 0 fully saturated rings. The molecule has 128 valence electrons. The first kappa shape index (κ1) is 18.1. The number of carbonyl (C=O) groups is 2. The fraction of sp³-hybridized carbons (Fsp3) is 0.333. The molecule has 2 aromatic rings. The molecule has 0 saturated heterocycles. The molecule has 2 N–H and O–H groups in total. The van der Waals surface area contributed by atoms with Crippen LogP contribution < -0.4 is 10.6 Å². The number of benzene rings is 1. The molecule has 0 bridgehead atoms. The second-order valence-electron chi connectivity index (χ2n) is 5.40. The molecule has 4 nitrogen and oxygen atoms in total. The van der Waals surface area contributed by atoms with E-state index < -0.39 is 5.82 Å². The van der Waals surface area contributed by atoms with E-state index in [1.165, 1.54) is 23.1 Å². The highest BCUT2D eigenvalue weighted by molar-refractivity contribution is 7.09. The Bertz CT molecular complexity index is 659. The molecular weight excluding hydrogens is 327 g/mol. The van der Waals surface area contributed by atoms with Crippen LogP contribution in [0.4, 0.5) is 4.39 Å². The van der Waals surface area contributed by atoms with E-state index in [4.69, 9.17) is 0 Å². The summed E-state index contributed by atoms with van der Waals surface area (Å²) in [7, 11) is 0. The lowest BCUT2D eigenvalue weighted by atomic mass is 10.2. The molecule has 0 spiro atoms. The highest BCUT2D eigenvalue weighted by Gasteiger charge is 2.06. The van der Waals surface area contributed by atoms with Crippen molar-refractivity contribution in [3.8, 4) is 0 Å². The van der Waals surface area contributed by atoms with Gasteiger partial charge >= 0.3 is 0 Å². The third-order valence-electron chi connectivity index (χ3n) is 3.46. The third-order valence-corrected chi connectivity index (χ3v) is 4.39. The summed E-state index contributed by atoms with van der Waals surface area (Å²) in [5, 5.41) is 7.58. The average Bonchev–Trinajstić information content (AvgIpc) is 3.07. The van der Waals surface area contributed by atoms with Crippen LogP contribution in [0.2, 0.25) is 0 Å². The van der Waals surface area contributed by atoms with Crippen molar-refractivity contribution in [3.63, 3.8) is 0 Å². The zero-order valence-electron chi connectivity index (χ0n) is 13.4. The topological polar surface area (TPSA) is 58.2 Å². The predicted molar refractivity (Wildman–Crippen MR) is 93.6 cm³/mol. The van der Waals surface area contributed by atoms with Crippen molar-refractivity contribution in [1.29, 1.82) is 0 Å². The molecule has 0 aliphatic carbocycles. The van der Waals surface area contributed by atoms with E-state index in [1.54, 1.807) is 17.4 Å². The highest BCUT2D eigenvalue weighted by atomic mass is 32.1. The molecule has 0 saturated carbocycles. The normalized spacial score (nSPS) is 10.4. The van der Waals surface area contributed by atoms with E-state index >= 15 is 0 Å². The first-order valence-corrected chi connectivity index (χ1v) is 8.86. The Labute approximate surface area is 145 Å². The minimum Gasteiger partial charge on any atom is -0.356 e. The summed E-state index contributed by atoms with van der Waals surface area (Å²) in [6.45, 7) is 0.950. The Hall–Kier alpha value is -2.21. The summed E-state index contributed by atoms with van der Waals surface area (Å²) >= 11 is 1.71. The van der Waals surface area contributed by atoms with E-state index in [-0.39, 0.29) is 11.8 Å². The SMILES string of the molecule is O=C(CCCc1cccs1)NCCCNC(=O)c1cccc(F)c1. The number of aryl methyl sites for hydroxylation is 1. The second-order valence-corrected chi connectivity index (χ2v) is 6.43. The zero-order chi connectivity index (χ0) is 17.2. The van der Waals surface area contributed by atoms with Gasteiger partial charge in [0.1, 0.15) is 5.82 Å². The quantitative estimate of drug-likeness (QED) is 0.684. The van der Waals surface area contributed by atoms with Gasteiger partial charge in [-0.1, -0.05) is 12.1 Å². The maximum atomic E-state index is 13.0. The molecule has 2 rings (SSSR count). The summed E-state index contributed by atoms with van der Waals surface area (Å²) in [5.74, 6) is -0.711. The molecule has 2 amide bonds. The molecule has 0 aliphatic rings. The number of hydrogen-bond acceptors (Lipinski definition) is 3. The van der Waals surface area contributed by atoms with E-state index in [1.807, 2.05) is 11.4 Å². The van der Waals surface area contributed by atoms with Gasteiger partial charge in [-0.2, -0.15) is 0 Å². The number of amides is 2. The van der Waals surface area contributed by atoms with Crippen molar-refractivity contribution in [1.82, 2.24) is 10.6 Å². The van der Waals surface area contributed by atoms with Gasteiger partial charge in [0.15, 0.2) is 0 Å². The molecular formula is C18H21FN2O2S. The summed E-state index contributed by atoms with van der Waals surface area (Å²) in [6.07, 6.45) is 2.91. The lowest BCUT2D eigenvalue weighted by Crippen LogP contribution is -2.29. The zero-order valence-corrected chi connectivity index (χ0v) is 14.2. The van der Waals surface area contributed by atoms with Crippen molar-refractivity contribution < 1.29 is 14.0 Å². The largest absolute Gasteiger partial charge is 0.356 e. The predicted octanol–water partition coefficient (Wildman–Crippen LogP) is 3.15. The lowest BCUT2D eigenvalue weighted by Gasteiger charge is -2.07. The minimum atomic E-state index is -0.433. The molecule has 0 unspecified atom stereocenters. The maximum Gasteiger partial charge on any atom is 0.251 e. The Morgan fingerprint density at radius 2 is 1.88 bits per heavy atom. The van der Waals surface area contributed by atoms with Gasteiger partial charge in [0.25, 0.3) is 5.91 Å². The van der Waals surface area contributed by atoms with Gasteiger partial charge in [0.2, 0.25) is 5.91 Å². The van der Waals surface area contributed by atoms with Gasteiger partial charge in [-0.15, -0.1) is 11.3 Å². The van der Waals surface area contributed by atoms with Crippen LogP contribution in [-0.2, 0) is 11.2 Å². The number of hydrogen-bond donors (Lipinski definition) is 2. The van der Waals surface area contributed by atoms with Crippen LogP contribution in [0.1, 0.15) is 34.5 Å². The molecule has 0 aliphatic heterocycles. The summed E-state index contributed by atoms with van der Waals surface area (Å²) in [4.78, 5) is 24.8. The first-order valence-electron chi connectivity index (χ1n) is 7.98. The lowest BCUT2D eigenvalue weighted by molar-refractivity contribution is -0.121. The number of nitrogens with one attached hydrogen (secondary N) is 2. The number of rotatable bonds is 9. The summed E-state index contributed by atoms with van der Waals surface area (Å²) < 4.78 is 13.0. The Morgan fingerprint density at radius 3 is 2.62 bits per heavy atom. The van der Waals surface area contributed by atoms with Gasteiger partial charge in [-0.25, -0.2) is 4.39 Å². The van der Waals surface area contributed by atoms with E-state index in [0.717, 1.165) is 12.8 Å². The van der Waals surface area contributed by atoms with Crippen molar-refractivity contribution in [2.45, 2.75) is 25.7 Å². The van der Waals surface area contributed by atoms with Crippen LogP contribution >= 0.6 is 11.3 Å². The first-order chi connectivity index (χ1) is 11.6.